The Hall–Kier alpha value is -3.13. The SMILES string of the molecule is CNC/C=C/C(=O)N1CC(Nc2cc(-c3cc(OC)ccn3)c[nH]c2=O)C1. The number of carbonyl (C=O) groups excluding carboxylic acids is 1. The van der Waals surface area contributed by atoms with E-state index in [-0.39, 0.29) is 17.5 Å². The molecule has 0 aromatic carbocycles. The summed E-state index contributed by atoms with van der Waals surface area (Å²) in [5.41, 5.74) is 1.73. The predicted octanol–water partition coefficient (Wildman–Crippen LogP) is 0.844. The molecular weight excluding hydrogens is 346 g/mol. The van der Waals surface area contributed by atoms with E-state index in [0.29, 0.717) is 36.8 Å². The Morgan fingerprint density at radius 1 is 1.44 bits per heavy atom. The zero-order chi connectivity index (χ0) is 19.2. The number of rotatable bonds is 7. The number of hydrogen-bond acceptors (Lipinski definition) is 6. The minimum Gasteiger partial charge on any atom is -0.497 e. The maximum absolute atomic E-state index is 12.1. The molecule has 1 aliphatic heterocycles. The number of ether oxygens (including phenoxy) is 1. The van der Waals surface area contributed by atoms with Crippen LogP contribution in [0.2, 0.25) is 0 Å². The van der Waals surface area contributed by atoms with Crippen LogP contribution in [0.15, 0.2) is 47.5 Å². The third-order valence-electron chi connectivity index (χ3n) is 4.30. The van der Waals surface area contributed by atoms with Crippen LogP contribution in [0.3, 0.4) is 0 Å². The summed E-state index contributed by atoms with van der Waals surface area (Å²) in [4.78, 5) is 32.9. The number of nitrogens with zero attached hydrogens (tertiary/aromatic N) is 2. The van der Waals surface area contributed by atoms with Gasteiger partial charge in [0, 0.05) is 49.7 Å². The summed E-state index contributed by atoms with van der Waals surface area (Å²) in [5.74, 6) is 0.673. The number of likely N-dealkylation sites (tertiary alicyclic amines) is 1. The average Bonchev–Trinajstić information content (AvgIpc) is 2.65. The van der Waals surface area contributed by atoms with Crippen LogP contribution in [-0.4, -0.2) is 60.6 Å². The first kappa shape index (κ1) is 18.7. The number of anilines is 1. The van der Waals surface area contributed by atoms with E-state index >= 15 is 0 Å². The predicted molar refractivity (Wildman–Crippen MR) is 104 cm³/mol. The Morgan fingerprint density at radius 3 is 3.00 bits per heavy atom. The fourth-order valence-electron chi connectivity index (χ4n) is 2.79. The van der Waals surface area contributed by atoms with Crippen LogP contribution in [0.1, 0.15) is 0 Å². The van der Waals surface area contributed by atoms with Gasteiger partial charge in [0.05, 0.1) is 18.8 Å². The summed E-state index contributed by atoms with van der Waals surface area (Å²) in [5, 5.41) is 6.15. The number of aromatic nitrogens is 2. The van der Waals surface area contributed by atoms with Crippen molar-refractivity contribution in [2.75, 3.05) is 39.1 Å². The number of carbonyl (C=O) groups is 1. The standard InChI is InChI=1S/C19H23N5O3/c1-20-6-3-4-18(25)24-11-14(12-24)23-17-8-13(10-22-19(17)26)16-9-15(27-2)5-7-21-16/h3-5,7-10,14,20,23H,6,11-12H2,1-2H3,(H,22,26)/b4-3+. The number of amides is 1. The summed E-state index contributed by atoms with van der Waals surface area (Å²) in [7, 11) is 3.42. The van der Waals surface area contributed by atoms with Crippen LogP contribution in [0.4, 0.5) is 5.69 Å². The molecular formula is C19H23N5O3. The van der Waals surface area contributed by atoms with E-state index in [2.05, 4.69) is 20.6 Å². The number of pyridine rings is 2. The highest BCUT2D eigenvalue weighted by molar-refractivity contribution is 5.88. The Morgan fingerprint density at radius 2 is 2.26 bits per heavy atom. The second-order valence-corrected chi connectivity index (χ2v) is 6.26. The highest BCUT2D eigenvalue weighted by Crippen LogP contribution is 2.22. The smallest absolute Gasteiger partial charge is 0.271 e. The van der Waals surface area contributed by atoms with Crippen molar-refractivity contribution < 1.29 is 9.53 Å². The first-order valence-electron chi connectivity index (χ1n) is 8.70. The first-order valence-corrected chi connectivity index (χ1v) is 8.70. The molecule has 2 aromatic heterocycles. The third kappa shape index (κ3) is 4.53. The molecule has 8 heteroatoms. The van der Waals surface area contributed by atoms with Crippen LogP contribution in [0.5, 0.6) is 5.75 Å². The quantitative estimate of drug-likeness (QED) is 0.626. The van der Waals surface area contributed by atoms with E-state index in [1.54, 1.807) is 54.8 Å². The van der Waals surface area contributed by atoms with E-state index in [1.807, 2.05) is 7.05 Å². The second-order valence-electron chi connectivity index (χ2n) is 6.26. The molecule has 1 aliphatic rings. The van der Waals surface area contributed by atoms with Gasteiger partial charge in [-0.3, -0.25) is 14.6 Å². The molecule has 0 unspecified atom stereocenters. The molecule has 1 fully saturated rings. The van der Waals surface area contributed by atoms with E-state index in [0.717, 1.165) is 5.56 Å². The number of methoxy groups -OCH3 is 1. The molecule has 1 amide bonds. The van der Waals surface area contributed by atoms with Gasteiger partial charge in [-0.05, 0) is 19.2 Å². The molecule has 3 rings (SSSR count). The lowest BCUT2D eigenvalue weighted by molar-refractivity contribution is -0.129. The molecule has 0 atom stereocenters. The Kier molecular flexibility index (Phi) is 5.87. The van der Waals surface area contributed by atoms with Gasteiger partial charge in [-0.2, -0.15) is 0 Å². The minimum atomic E-state index is -0.208. The van der Waals surface area contributed by atoms with Gasteiger partial charge in [0.25, 0.3) is 5.56 Å². The summed E-state index contributed by atoms with van der Waals surface area (Å²) in [6, 6.07) is 5.37. The van der Waals surface area contributed by atoms with Crippen molar-refractivity contribution in [3.63, 3.8) is 0 Å². The van der Waals surface area contributed by atoms with Crippen LogP contribution >= 0.6 is 0 Å². The maximum atomic E-state index is 12.1. The molecule has 2 aromatic rings. The van der Waals surface area contributed by atoms with E-state index in [1.165, 1.54) is 0 Å². The summed E-state index contributed by atoms with van der Waals surface area (Å²) in [6.07, 6.45) is 6.63. The van der Waals surface area contributed by atoms with Gasteiger partial charge in [0.2, 0.25) is 5.91 Å². The lowest BCUT2D eigenvalue weighted by atomic mass is 10.1. The number of likely N-dealkylation sites (N-methyl/N-ethyl adjacent to an activating group) is 1. The fourth-order valence-corrected chi connectivity index (χ4v) is 2.79. The van der Waals surface area contributed by atoms with Crippen molar-refractivity contribution in [2.45, 2.75) is 6.04 Å². The summed E-state index contributed by atoms with van der Waals surface area (Å²) in [6.45, 7) is 1.77. The fraction of sp³-hybridized carbons (Fsp3) is 0.316. The Labute approximate surface area is 157 Å². The van der Waals surface area contributed by atoms with Gasteiger partial charge in [-0.15, -0.1) is 0 Å². The van der Waals surface area contributed by atoms with Crippen molar-refractivity contribution in [3.05, 3.63) is 53.1 Å². The topological polar surface area (TPSA) is 99.3 Å². The number of H-pyrrole nitrogens is 1. The third-order valence-corrected chi connectivity index (χ3v) is 4.30. The lowest BCUT2D eigenvalue weighted by Crippen LogP contribution is -2.57. The van der Waals surface area contributed by atoms with Crippen LogP contribution in [0, 0.1) is 0 Å². The molecule has 142 valence electrons. The first-order chi connectivity index (χ1) is 13.1. The molecule has 0 radical (unpaired) electrons. The largest absolute Gasteiger partial charge is 0.497 e. The molecule has 0 bridgehead atoms. The molecule has 0 saturated carbocycles. The normalized spacial score (nSPS) is 14.2. The summed E-state index contributed by atoms with van der Waals surface area (Å²) >= 11 is 0. The zero-order valence-corrected chi connectivity index (χ0v) is 15.4. The lowest BCUT2D eigenvalue weighted by Gasteiger charge is -2.39. The van der Waals surface area contributed by atoms with Gasteiger partial charge in [-0.1, -0.05) is 6.08 Å². The van der Waals surface area contributed by atoms with Gasteiger partial charge in [0.1, 0.15) is 11.4 Å². The van der Waals surface area contributed by atoms with Crippen molar-refractivity contribution in [2.24, 2.45) is 0 Å². The highest BCUT2D eigenvalue weighted by atomic mass is 16.5. The highest BCUT2D eigenvalue weighted by Gasteiger charge is 2.29. The molecule has 27 heavy (non-hydrogen) atoms. The summed E-state index contributed by atoms with van der Waals surface area (Å²) < 4.78 is 5.22. The van der Waals surface area contributed by atoms with Crippen molar-refractivity contribution in [1.82, 2.24) is 20.2 Å². The van der Waals surface area contributed by atoms with Crippen LogP contribution in [-0.2, 0) is 4.79 Å². The van der Waals surface area contributed by atoms with Gasteiger partial charge in [-0.25, -0.2) is 0 Å². The molecule has 3 N–H and O–H groups in total. The van der Waals surface area contributed by atoms with E-state index in [9.17, 15) is 9.59 Å². The average molecular weight is 369 g/mol. The molecule has 0 aliphatic carbocycles. The Bertz CT molecular complexity index is 887. The molecule has 3 heterocycles. The number of aromatic amines is 1. The van der Waals surface area contributed by atoms with Gasteiger partial charge >= 0.3 is 0 Å². The second kappa shape index (κ2) is 8.50. The molecule has 8 nitrogen and oxygen atoms in total. The van der Waals surface area contributed by atoms with E-state index < -0.39 is 0 Å². The Balaban J connectivity index is 1.65. The molecule has 0 spiro atoms. The number of nitrogens with one attached hydrogen (secondary N) is 3. The van der Waals surface area contributed by atoms with Crippen molar-refractivity contribution >= 4 is 11.6 Å². The van der Waals surface area contributed by atoms with Gasteiger partial charge < -0.3 is 25.3 Å². The van der Waals surface area contributed by atoms with Crippen LogP contribution in [0.25, 0.3) is 11.3 Å². The van der Waals surface area contributed by atoms with Crippen molar-refractivity contribution in [1.29, 1.82) is 0 Å². The maximum Gasteiger partial charge on any atom is 0.271 e. The van der Waals surface area contributed by atoms with Crippen molar-refractivity contribution in [3.8, 4) is 17.0 Å². The van der Waals surface area contributed by atoms with E-state index in [4.69, 9.17) is 4.74 Å². The minimum absolute atomic E-state index is 0.0217. The van der Waals surface area contributed by atoms with Crippen LogP contribution < -0.4 is 20.9 Å². The number of hydrogen-bond donors (Lipinski definition) is 3. The zero-order valence-electron chi connectivity index (χ0n) is 15.4. The monoisotopic (exact) mass is 369 g/mol. The molecule has 1 saturated heterocycles. The van der Waals surface area contributed by atoms with Gasteiger partial charge in [0.15, 0.2) is 0 Å².